The zero-order chi connectivity index (χ0) is 24.7. The van der Waals surface area contributed by atoms with Crippen LogP contribution in [-0.4, -0.2) is 58.8 Å². The maximum atomic E-state index is 13.4. The van der Waals surface area contributed by atoms with Crippen LogP contribution in [0, 0.1) is 13.8 Å². The molecule has 3 aromatic rings. The molecule has 0 bridgehead atoms. The molecule has 1 fully saturated rings. The van der Waals surface area contributed by atoms with Crippen molar-refractivity contribution in [3.8, 4) is 5.75 Å². The quantitative estimate of drug-likeness (QED) is 0.589. The molecule has 0 atom stereocenters. The van der Waals surface area contributed by atoms with Gasteiger partial charge in [-0.25, -0.2) is 0 Å². The number of imide groups is 1. The van der Waals surface area contributed by atoms with Crippen LogP contribution in [0.15, 0.2) is 60.7 Å². The van der Waals surface area contributed by atoms with Gasteiger partial charge in [0.05, 0.1) is 23.2 Å². The number of benzene rings is 3. The van der Waals surface area contributed by atoms with Crippen molar-refractivity contribution in [2.75, 3.05) is 31.1 Å². The fourth-order valence-corrected chi connectivity index (χ4v) is 4.84. The second kappa shape index (κ2) is 8.91. The summed E-state index contributed by atoms with van der Waals surface area (Å²) in [6, 6.07) is 18.4. The first kappa shape index (κ1) is 22.7. The fourth-order valence-electron chi connectivity index (χ4n) is 4.84. The summed E-state index contributed by atoms with van der Waals surface area (Å²) in [7, 11) is 0. The van der Waals surface area contributed by atoms with Crippen LogP contribution in [0.3, 0.4) is 0 Å². The summed E-state index contributed by atoms with van der Waals surface area (Å²) in [5.74, 6) is -1.02. The van der Waals surface area contributed by atoms with Crippen LogP contribution in [0.4, 0.5) is 5.69 Å². The summed E-state index contributed by atoms with van der Waals surface area (Å²) in [6.45, 7) is 6.28. The summed E-state index contributed by atoms with van der Waals surface area (Å²) in [5.41, 5.74) is 4.44. The number of amides is 3. The Bertz CT molecular complexity index is 1310. The largest absolute Gasteiger partial charge is 0.507 e. The van der Waals surface area contributed by atoms with Gasteiger partial charge in [0, 0.05) is 31.9 Å². The minimum atomic E-state index is -0.350. The molecule has 0 spiro atoms. The Morgan fingerprint density at radius 1 is 0.857 bits per heavy atom. The number of carbonyl (C=O) groups excluding carboxylic acids is 3. The lowest BCUT2D eigenvalue weighted by atomic mass is 10.0. The molecular formula is C28H27N3O4. The third kappa shape index (κ3) is 4.14. The van der Waals surface area contributed by atoms with Gasteiger partial charge >= 0.3 is 0 Å². The highest BCUT2D eigenvalue weighted by atomic mass is 16.3. The number of aromatic hydroxyl groups is 1. The summed E-state index contributed by atoms with van der Waals surface area (Å²) < 4.78 is 0. The number of carbonyl (C=O) groups is 3. The van der Waals surface area contributed by atoms with Crippen molar-refractivity contribution in [3.63, 3.8) is 0 Å². The number of piperazine rings is 1. The highest BCUT2D eigenvalue weighted by Gasteiger charge is 2.35. The molecule has 0 saturated carbocycles. The van der Waals surface area contributed by atoms with E-state index < -0.39 is 0 Å². The van der Waals surface area contributed by atoms with E-state index >= 15 is 0 Å². The van der Waals surface area contributed by atoms with Gasteiger partial charge in [-0.05, 0) is 60.9 Å². The number of fused-ring (bicyclic) bond motifs is 1. The number of phenols is 1. The lowest BCUT2D eigenvalue weighted by Gasteiger charge is -2.36. The van der Waals surface area contributed by atoms with E-state index in [2.05, 4.69) is 30.0 Å². The van der Waals surface area contributed by atoms with Crippen molar-refractivity contribution in [2.24, 2.45) is 0 Å². The molecule has 5 rings (SSSR count). The van der Waals surface area contributed by atoms with Crippen LogP contribution in [-0.2, 0) is 6.54 Å². The third-order valence-electron chi connectivity index (χ3n) is 6.74. The van der Waals surface area contributed by atoms with Gasteiger partial charge in [0.1, 0.15) is 5.75 Å². The van der Waals surface area contributed by atoms with E-state index in [0.717, 1.165) is 5.69 Å². The van der Waals surface area contributed by atoms with Crippen LogP contribution in [0.2, 0.25) is 0 Å². The van der Waals surface area contributed by atoms with Gasteiger partial charge in [-0.2, -0.15) is 0 Å². The SMILES string of the molecule is Cc1cccc(N2CCN(C(=O)c3cc(CN4C(=O)c5ccccc5C4=O)cc(C)c3O)CC2)c1. The van der Waals surface area contributed by atoms with Gasteiger partial charge in [0.25, 0.3) is 17.7 Å². The van der Waals surface area contributed by atoms with Gasteiger partial charge in [0.15, 0.2) is 0 Å². The van der Waals surface area contributed by atoms with E-state index in [1.54, 1.807) is 48.2 Å². The zero-order valence-corrected chi connectivity index (χ0v) is 19.8. The first-order chi connectivity index (χ1) is 16.8. The molecule has 0 aromatic heterocycles. The van der Waals surface area contributed by atoms with E-state index in [-0.39, 0.29) is 35.6 Å². The maximum Gasteiger partial charge on any atom is 0.261 e. The van der Waals surface area contributed by atoms with Crippen molar-refractivity contribution in [1.29, 1.82) is 0 Å². The Labute approximate surface area is 204 Å². The van der Waals surface area contributed by atoms with Crippen molar-refractivity contribution >= 4 is 23.4 Å². The number of anilines is 1. The predicted molar refractivity (Wildman–Crippen MR) is 133 cm³/mol. The molecule has 1 saturated heterocycles. The lowest BCUT2D eigenvalue weighted by Crippen LogP contribution is -2.48. The van der Waals surface area contributed by atoms with Gasteiger partial charge in [-0.3, -0.25) is 19.3 Å². The smallest absolute Gasteiger partial charge is 0.261 e. The number of rotatable bonds is 4. The molecule has 7 heteroatoms. The number of aryl methyl sites for hydroxylation is 2. The topological polar surface area (TPSA) is 81.2 Å². The average Bonchev–Trinajstić information content (AvgIpc) is 3.11. The van der Waals surface area contributed by atoms with Crippen LogP contribution in [0.25, 0.3) is 0 Å². The van der Waals surface area contributed by atoms with Crippen molar-refractivity contribution in [1.82, 2.24) is 9.80 Å². The molecule has 0 aliphatic carbocycles. The Hall–Kier alpha value is -4.13. The molecule has 35 heavy (non-hydrogen) atoms. The highest BCUT2D eigenvalue weighted by molar-refractivity contribution is 6.21. The minimum absolute atomic E-state index is 0.0366. The molecule has 3 aromatic carbocycles. The van der Waals surface area contributed by atoms with E-state index in [9.17, 15) is 19.5 Å². The van der Waals surface area contributed by atoms with Gasteiger partial charge in [0.2, 0.25) is 0 Å². The Morgan fingerprint density at radius 2 is 1.51 bits per heavy atom. The monoisotopic (exact) mass is 469 g/mol. The molecular weight excluding hydrogens is 442 g/mol. The standard InChI is InChI=1S/C28H27N3O4/c1-18-6-5-7-21(14-18)29-10-12-30(13-11-29)26(33)24-16-20(15-19(2)25(24)32)17-31-27(34)22-8-3-4-9-23(22)28(31)35/h3-9,14-16,32H,10-13,17H2,1-2H3. The summed E-state index contributed by atoms with van der Waals surface area (Å²) in [5, 5.41) is 10.7. The van der Waals surface area contributed by atoms with Crippen LogP contribution < -0.4 is 4.90 Å². The zero-order valence-electron chi connectivity index (χ0n) is 19.8. The normalized spacial score (nSPS) is 15.5. The summed E-state index contributed by atoms with van der Waals surface area (Å²) in [6.07, 6.45) is 0. The Balaban J connectivity index is 1.33. The summed E-state index contributed by atoms with van der Waals surface area (Å²) >= 11 is 0. The van der Waals surface area contributed by atoms with Crippen molar-refractivity contribution in [2.45, 2.75) is 20.4 Å². The molecule has 2 aliphatic rings. The fraction of sp³-hybridized carbons (Fsp3) is 0.250. The number of phenolic OH excluding ortho intramolecular Hbond substituents is 1. The Morgan fingerprint density at radius 3 is 2.14 bits per heavy atom. The molecule has 2 heterocycles. The van der Waals surface area contributed by atoms with Gasteiger partial charge in [-0.1, -0.05) is 30.3 Å². The molecule has 7 nitrogen and oxygen atoms in total. The molecule has 3 amide bonds. The number of hydrogen-bond acceptors (Lipinski definition) is 5. The molecule has 1 N–H and O–H groups in total. The molecule has 0 unspecified atom stereocenters. The third-order valence-corrected chi connectivity index (χ3v) is 6.74. The first-order valence-electron chi connectivity index (χ1n) is 11.7. The van der Waals surface area contributed by atoms with Crippen LogP contribution in [0.5, 0.6) is 5.75 Å². The Kier molecular flexibility index (Phi) is 5.76. The molecule has 178 valence electrons. The summed E-state index contributed by atoms with van der Waals surface area (Å²) in [4.78, 5) is 44.1. The van der Waals surface area contributed by atoms with Crippen molar-refractivity contribution < 1.29 is 19.5 Å². The molecule has 0 radical (unpaired) electrons. The van der Waals surface area contributed by atoms with Crippen molar-refractivity contribution in [3.05, 3.63) is 94.0 Å². The van der Waals surface area contributed by atoms with Gasteiger partial charge < -0.3 is 14.9 Å². The van der Waals surface area contributed by atoms with E-state index in [1.807, 2.05) is 6.07 Å². The predicted octanol–water partition coefficient (Wildman–Crippen LogP) is 3.77. The molecule has 2 aliphatic heterocycles. The van der Waals surface area contributed by atoms with Crippen LogP contribution in [0.1, 0.15) is 47.8 Å². The van der Waals surface area contributed by atoms with Gasteiger partial charge in [-0.15, -0.1) is 0 Å². The number of hydrogen-bond donors (Lipinski definition) is 1. The second-order valence-electron chi connectivity index (χ2n) is 9.17. The van der Waals surface area contributed by atoms with E-state index in [0.29, 0.717) is 48.4 Å². The maximum absolute atomic E-state index is 13.4. The highest BCUT2D eigenvalue weighted by Crippen LogP contribution is 2.29. The number of nitrogens with zero attached hydrogens (tertiary/aromatic N) is 3. The van der Waals surface area contributed by atoms with Crippen LogP contribution >= 0.6 is 0 Å². The average molecular weight is 470 g/mol. The lowest BCUT2D eigenvalue weighted by molar-refractivity contribution is 0.0642. The second-order valence-corrected chi connectivity index (χ2v) is 9.17. The van der Waals surface area contributed by atoms with E-state index in [1.165, 1.54) is 10.5 Å². The first-order valence-corrected chi connectivity index (χ1v) is 11.7. The minimum Gasteiger partial charge on any atom is -0.507 e. The van der Waals surface area contributed by atoms with E-state index in [4.69, 9.17) is 0 Å².